The Morgan fingerprint density at radius 2 is 1.92 bits per heavy atom. The summed E-state index contributed by atoms with van der Waals surface area (Å²) in [7, 11) is 0. The van der Waals surface area contributed by atoms with Crippen LogP contribution in [-0.2, 0) is 0 Å². The molecule has 0 atom stereocenters. The first kappa shape index (κ1) is 17.2. The van der Waals surface area contributed by atoms with Gasteiger partial charge >= 0.3 is 0 Å². The summed E-state index contributed by atoms with van der Waals surface area (Å²) >= 11 is 7.57. The number of fused-ring (bicyclic) bond motifs is 1. The van der Waals surface area contributed by atoms with Gasteiger partial charge in [-0.2, -0.15) is 0 Å². The second-order valence-corrected chi connectivity index (χ2v) is 7.85. The maximum atomic E-state index is 12.9. The van der Waals surface area contributed by atoms with Crippen molar-refractivity contribution in [2.45, 2.75) is 26.2 Å². The quantitative estimate of drug-likeness (QED) is 0.667. The minimum absolute atomic E-state index is 0.0697. The van der Waals surface area contributed by atoms with Gasteiger partial charge in [0.15, 0.2) is 0 Å². The number of hydrogen-bond donors (Lipinski definition) is 0. The molecule has 0 N–H and O–H groups in total. The summed E-state index contributed by atoms with van der Waals surface area (Å²) in [6.07, 6.45) is 3.19. The van der Waals surface area contributed by atoms with Gasteiger partial charge in [-0.05, 0) is 68.1 Å². The third kappa shape index (κ3) is 3.04. The van der Waals surface area contributed by atoms with Crippen LogP contribution >= 0.6 is 23.1 Å². The number of benzene rings is 1. The van der Waals surface area contributed by atoms with Crippen molar-refractivity contribution in [3.63, 3.8) is 0 Å². The van der Waals surface area contributed by atoms with Crippen LogP contribution in [0, 0.1) is 6.92 Å². The minimum Gasteiger partial charge on any atom is -0.339 e. The number of rotatable bonds is 2. The van der Waals surface area contributed by atoms with E-state index < -0.39 is 0 Å². The highest BCUT2D eigenvalue weighted by atomic mass is 35.5. The standard InChI is InChI=1S/C19H18ClN3O2S/c1-12-5-7-14-17(21-12)26-23(19(14)25)13-6-8-16(20)15(11-13)18(24)22-9-3-2-4-10-22/h5-8,11H,2-4,9-10H2,1H3. The highest BCUT2D eigenvalue weighted by Gasteiger charge is 2.21. The fraction of sp³-hybridized carbons (Fsp3) is 0.316. The van der Waals surface area contributed by atoms with Crippen LogP contribution in [-0.4, -0.2) is 32.8 Å². The molecule has 0 aliphatic carbocycles. The first-order valence-corrected chi connectivity index (χ1v) is 9.78. The van der Waals surface area contributed by atoms with Crippen LogP contribution in [0.5, 0.6) is 0 Å². The van der Waals surface area contributed by atoms with Gasteiger partial charge in [0, 0.05) is 18.8 Å². The molecule has 26 heavy (non-hydrogen) atoms. The summed E-state index contributed by atoms with van der Waals surface area (Å²) in [6, 6.07) is 8.78. The number of piperidine rings is 1. The molecule has 0 saturated carbocycles. The van der Waals surface area contributed by atoms with Gasteiger partial charge in [-0.1, -0.05) is 11.6 Å². The number of aromatic nitrogens is 2. The van der Waals surface area contributed by atoms with E-state index in [1.165, 1.54) is 11.5 Å². The maximum absolute atomic E-state index is 12.9. The molecule has 134 valence electrons. The Bertz CT molecular complexity index is 1050. The van der Waals surface area contributed by atoms with Crippen molar-refractivity contribution in [2.24, 2.45) is 0 Å². The third-order valence-electron chi connectivity index (χ3n) is 4.65. The summed E-state index contributed by atoms with van der Waals surface area (Å²) in [5.74, 6) is -0.0697. The third-order valence-corrected chi connectivity index (χ3v) is 6.02. The average molecular weight is 388 g/mol. The van der Waals surface area contributed by atoms with E-state index in [9.17, 15) is 9.59 Å². The zero-order chi connectivity index (χ0) is 18.3. The molecule has 0 spiro atoms. The monoisotopic (exact) mass is 387 g/mol. The smallest absolute Gasteiger partial charge is 0.274 e. The average Bonchev–Trinajstić information content (AvgIpc) is 2.98. The lowest BCUT2D eigenvalue weighted by Crippen LogP contribution is -2.35. The molecule has 3 heterocycles. The number of amides is 1. The lowest BCUT2D eigenvalue weighted by molar-refractivity contribution is 0.0724. The van der Waals surface area contributed by atoms with Gasteiger partial charge in [0.05, 0.1) is 21.7 Å². The molecule has 1 aromatic carbocycles. The fourth-order valence-electron chi connectivity index (χ4n) is 3.24. The predicted octanol–water partition coefficient (Wildman–Crippen LogP) is 4.04. The van der Waals surface area contributed by atoms with E-state index in [2.05, 4.69) is 4.98 Å². The van der Waals surface area contributed by atoms with Gasteiger partial charge in [-0.25, -0.2) is 8.94 Å². The summed E-state index contributed by atoms with van der Waals surface area (Å²) in [4.78, 5) is 32.5. The molecule has 1 amide bonds. The molecule has 0 radical (unpaired) electrons. The van der Waals surface area contributed by atoms with Crippen LogP contribution < -0.4 is 5.56 Å². The van der Waals surface area contributed by atoms with Crippen molar-refractivity contribution in [1.29, 1.82) is 0 Å². The van der Waals surface area contributed by atoms with E-state index in [0.717, 1.165) is 38.0 Å². The van der Waals surface area contributed by atoms with Crippen LogP contribution in [0.2, 0.25) is 5.02 Å². The lowest BCUT2D eigenvalue weighted by Gasteiger charge is -2.27. The van der Waals surface area contributed by atoms with Gasteiger partial charge in [-0.15, -0.1) is 0 Å². The molecule has 2 aromatic heterocycles. The summed E-state index contributed by atoms with van der Waals surface area (Å²) in [5, 5.41) is 0.993. The first-order valence-electron chi connectivity index (χ1n) is 8.63. The van der Waals surface area contributed by atoms with Crippen LogP contribution in [0.4, 0.5) is 0 Å². The van der Waals surface area contributed by atoms with E-state index in [1.54, 1.807) is 28.2 Å². The summed E-state index contributed by atoms with van der Waals surface area (Å²) < 4.78 is 1.57. The Hall–Kier alpha value is -2.18. The molecule has 3 aromatic rings. The number of hydrogen-bond acceptors (Lipinski definition) is 4. The Morgan fingerprint density at radius 1 is 1.15 bits per heavy atom. The van der Waals surface area contributed by atoms with Crippen molar-refractivity contribution in [1.82, 2.24) is 13.8 Å². The van der Waals surface area contributed by atoms with E-state index in [4.69, 9.17) is 11.6 Å². The van der Waals surface area contributed by atoms with E-state index in [0.29, 0.717) is 26.5 Å². The van der Waals surface area contributed by atoms with Crippen molar-refractivity contribution in [2.75, 3.05) is 13.1 Å². The van der Waals surface area contributed by atoms with Gasteiger partial charge < -0.3 is 4.90 Å². The van der Waals surface area contributed by atoms with Gasteiger partial charge in [-0.3, -0.25) is 9.59 Å². The van der Waals surface area contributed by atoms with E-state index >= 15 is 0 Å². The van der Waals surface area contributed by atoms with E-state index in [1.807, 2.05) is 17.9 Å². The number of pyridine rings is 1. The molecule has 0 bridgehead atoms. The Morgan fingerprint density at radius 3 is 2.69 bits per heavy atom. The van der Waals surface area contributed by atoms with Gasteiger partial charge in [0.1, 0.15) is 4.83 Å². The minimum atomic E-state index is -0.129. The zero-order valence-corrected chi connectivity index (χ0v) is 15.9. The molecule has 5 nitrogen and oxygen atoms in total. The van der Waals surface area contributed by atoms with Crippen molar-refractivity contribution >= 4 is 39.3 Å². The number of nitrogens with zero attached hydrogens (tertiary/aromatic N) is 3. The topological polar surface area (TPSA) is 55.2 Å². The van der Waals surface area contributed by atoms with Crippen LogP contribution in [0.15, 0.2) is 35.1 Å². The second kappa shape index (κ2) is 6.85. The van der Waals surface area contributed by atoms with Crippen molar-refractivity contribution in [3.8, 4) is 5.69 Å². The Kier molecular flexibility index (Phi) is 4.54. The summed E-state index contributed by atoms with van der Waals surface area (Å²) in [6.45, 7) is 3.41. The SMILES string of the molecule is Cc1ccc2c(=O)n(-c3ccc(Cl)c(C(=O)N4CCCCC4)c3)sc2n1. The zero-order valence-electron chi connectivity index (χ0n) is 14.4. The molecule has 0 unspecified atom stereocenters. The number of carbonyl (C=O) groups excluding carboxylic acids is 1. The van der Waals surface area contributed by atoms with Crippen LogP contribution in [0.1, 0.15) is 35.3 Å². The molecule has 1 aliphatic heterocycles. The number of halogens is 1. The lowest BCUT2D eigenvalue weighted by atomic mass is 10.1. The second-order valence-electron chi connectivity index (χ2n) is 6.51. The molecular formula is C19H18ClN3O2S. The molecule has 4 rings (SSSR count). The van der Waals surface area contributed by atoms with Gasteiger partial charge in [0.25, 0.3) is 11.5 Å². The number of aryl methyl sites for hydroxylation is 1. The fourth-order valence-corrected chi connectivity index (χ4v) is 4.45. The van der Waals surface area contributed by atoms with Crippen LogP contribution in [0.3, 0.4) is 0 Å². The van der Waals surface area contributed by atoms with Crippen molar-refractivity contribution in [3.05, 3.63) is 57.0 Å². The summed E-state index contributed by atoms with van der Waals surface area (Å²) in [5.41, 5.74) is 1.82. The number of likely N-dealkylation sites (tertiary alicyclic amines) is 1. The highest BCUT2D eigenvalue weighted by Crippen LogP contribution is 2.25. The number of carbonyl (C=O) groups is 1. The molecule has 7 heteroatoms. The largest absolute Gasteiger partial charge is 0.339 e. The molecule has 1 aliphatic rings. The Balaban J connectivity index is 1.78. The van der Waals surface area contributed by atoms with Crippen molar-refractivity contribution < 1.29 is 4.79 Å². The normalized spacial score (nSPS) is 14.8. The maximum Gasteiger partial charge on any atom is 0.274 e. The van der Waals surface area contributed by atoms with Crippen LogP contribution in [0.25, 0.3) is 15.9 Å². The van der Waals surface area contributed by atoms with Gasteiger partial charge in [0.2, 0.25) is 0 Å². The molecule has 1 saturated heterocycles. The Labute approximate surface area is 160 Å². The molecule has 1 fully saturated rings. The first-order chi connectivity index (χ1) is 12.5. The highest BCUT2D eigenvalue weighted by molar-refractivity contribution is 7.13. The van der Waals surface area contributed by atoms with E-state index in [-0.39, 0.29) is 11.5 Å². The predicted molar refractivity (Wildman–Crippen MR) is 105 cm³/mol. The molecular weight excluding hydrogens is 370 g/mol.